The quantitative estimate of drug-likeness (QED) is 0.291. The maximum absolute atomic E-state index is 13.2. The van der Waals surface area contributed by atoms with Crippen molar-refractivity contribution < 1.29 is 38.5 Å². The van der Waals surface area contributed by atoms with Crippen molar-refractivity contribution in [1.82, 2.24) is 15.5 Å². The molecule has 2 aromatic carbocycles. The number of amides is 3. The van der Waals surface area contributed by atoms with E-state index in [1.54, 1.807) is 74.8 Å². The van der Waals surface area contributed by atoms with Crippen molar-refractivity contribution in [1.29, 1.82) is 0 Å². The van der Waals surface area contributed by atoms with Gasteiger partial charge in [-0.15, -0.1) is 0 Å². The van der Waals surface area contributed by atoms with Crippen LogP contribution < -0.4 is 10.6 Å². The van der Waals surface area contributed by atoms with Crippen molar-refractivity contribution in [3.8, 4) is 0 Å². The van der Waals surface area contributed by atoms with Crippen molar-refractivity contribution in [2.24, 2.45) is 0 Å². The fraction of sp³-hybridized carbons (Fsp3) is 0.333. The van der Waals surface area contributed by atoms with Gasteiger partial charge in [-0.25, -0.2) is 4.79 Å². The maximum atomic E-state index is 13.2. The standard InChI is InChI=1S/C30H33N3O8/c1-33(2)26(35)11-10-20-7-3-4-9-23(20)30(38)41-25-16-22(15-24-27(25)40-18-39-24)29(37)32-17-19-6-5-8-21(14-19)28(36)31-12-13-34/h3-11,14-15,24-25,27,34H,12-13,16-18H2,1-2H3,(H,31,36)(H,32,37)/t24-,25-,27-/m1/s1. The Balaban J connectivity index is 1.42. The van der Waals surface area contributed by atoms with Crippen molar-refractivity contribution in [2.75, 3.05) is 34.0 Å². The number of hydrogen-bond acceptors (Lipinski definition) is 8. The van der Waals surface area contributed by atoms with Gasteiger partial charge in [0.05, 0.1) is 12.2 Å². The van der Waals surface area contributed by atoms with Crippen LogP contribution in [0.2, 0.25) is 0 Å². The van der Waals surface area contributed by atoms with E-state index in [9.17, 15) is 19.2 Å². The van der Waals surface area contributed by atoms with Gasteiger partial charge in [-0.2, -0.15) is 0 Å². The number of nitrogens with one attached hydrogen (secondary N) is 2. The summed E-state index contributed by atoms with van der Waals surface area (Å²) in [5.74, 6) is -1.52. The molecule has 0 radical (unpaired) electrons. The molecule has 4 rings (SSSR count). The van der Waals surface area contributed by atoms with Crippen molar-refractivity contribution in [3.63, 3.8) is 0 Å². The highest BCUT2D eigenvalue weighted by Gasteiger charge is 2.42. The topological polar surface area (TPSA) is 144 Å². The van der Waals surface area contributed by atoms with Crippen LogP contribution >= 0.6 is 0 Å². The number of likely N-dealkylation sites (N-methyl/N-ethyl adjacent to an activating group) is 1. The Hall–Kier alpha value is -4.32. The molecule has 11 heteroatoms. The summed E-state index contributed by atoms with van der Waals surface area (Å²) in [5, 5.41) is 14.3. The number of esters is 1. The zero-order chi connectivity index (χ0) is 29.4. The van der Waals surface area contributed by atoms with Crippen molar-refractivity contribution in [3.05, 3.63) is 88.5 Å². The summed E-state index contributed by atoms with van der Waals surface area (Å²) in [7, 11) is 3.27. The van der Waals surface area contributed by atoms with Gasteiger partial charge < -0.3 is 34.9 Å². The first-order chi connectivity index (χ1) is 19.8. The predicted molar refractivity (Wildman–Crippen MR) is 148 cm³/mol. The van der Waals surface area contributed by atoms with Gasteiger partial charge in [0.1, 0.15) is 25.1 Å². The van der Waals surface area contributed by atoms with E-state index >= 15 is 0 Å². The van der Waals surface area contributed by atoms with Crippen LogP contribution in [-0.2, 0) is 30.3 Å². The molecule has 2 aliphatic rings. The number of carbonyl (C=O) groups is 4. The second-order valence-corrected chi connectivity index (χ2v) is 9.74. The normalized spacial score (nSPS) is 19.7. The van der Waals surface area contributed by atoms with Crippen LogP contribution in [0.4, 0.5) is 0 Å². The second kappa shape index (κ2) is 13.8. The summed E-state index contributed by atoms with van der Waals surface area (Å²) in [5.41, 5.74) is 2.30. The molecule has 0 bridgehead atoms. The maximum Gasteiger partial charge on any atom is 0.339 e. The van der Waals surface area contributed by atoms with E-state index in [1.807, 2.05) is 0 Å². The third-order valence-electron chi connectivity index (χ3n) is 6.61. The Morgan fingerprint density at radius 3 is 2.63 bits per heavy atom. The van der Waals surface area contributed by atoms with Crippen LogP contribution in [0.15, 0.2) is 66.3 Å². The van der Waals surface area contributed by atoms with Gasteiger partial charge in [0.15, 0.2) is 0 Å². The SMILES string of the molecule is CN(C)C(=O)C=Cc1ccccc1C(=O)O[C@@H]1CC(C(=O)NCc2cccc(C(=O)NCCO)c2)=C[C@H]2OCO[C@H]21. The molecule has 11 nitrogen and oxygen atoms in total. The Morgan fingerprint density at radius 2 is 1.85 bits per heavy atom. The second-order valence-electron chi connectivity index (χ2n) is 9.74. The summed E-state index contributed by atoms with van der Waals surface area (Å²) in [6, 6.07) is 13.6. The fourth-order valence-corrected chi connectivity index (χ4v) is 4.45. The zero-order valence-corrected chi connectivity index (χ0v) is 22.9. The molecule has 0 aromatic heterocycles. The van der Waals surface area contributed by atoms with E-state index in [1.165, 1.54) is 11.0 Å². The van der Waals surface area contributed by atoms with E-state index < -0.39 is 24.3 Å². The van der Waals surface area contributed by atoms with Gasteiger partial charge in [0.2, 0.25) is 11.8 Å². The van der Waals surface area contributed by atoms with Crippen molar-refractivity contribution >= 4 is 29.8 Å². The monoisotopic (exact) mass is 563 g/mol. The lowest BCUT2D eigenvalue weighted by Crippen LogP contribution is -2.43. The summed E-state index contributed by atoms with van der Waals surface area (Å²) in [6.07, 6.45) is 2.82. The van der Waals surface area contributed by atoms with Crippen molar-refractivity contribution in [2.45, 2.75) is 31.3 Å². The molecular formula is C30H33N3O8. The van der Waals surface area contributed by atoms with Crippen LogP contribution in [0.25, 0.3) is 6.08 Å². The molecule has 0 spiro atoms. The van der Waals surface area contributed by atoms with Crippen LogP contribution in [0.5, 0.6) is 0 Å². The van der Waals surface area contributed by atoms with Crippen LogP contribution in [0.1, 0.15) is 38.3 Å². The number of fused-ring (bicyclic) bond motifs is 1. The van der Waals surface area contributed by atoms with Gasteiger partial charge in [-0.3, -0.25) is 14.4 Å². The minimum Gasteiger partial charge on any atom is -0.456 e. The van der Waals surface area contributed by atoms with Gasteiger partial charge in [0, 0.05) is 50.8 Å². The van der Waals surface area contributed by atoms with Gasteiger partial charge in [-0.05, 0) is 41.5 Å². The lowest BCUT2D eigenvalue weighted by molar-refractivity contribution is -0.123. The third kappa shape index (κ3) is 7.66. The molecule has 0 unspecified atom stereocenters. The molecule has 1 aliphatic heterocycles. The largest absolute Gasteiger partial charge is 0.456 e. The summed E-state index contributed by atoms with van der Waals surface area (Å²) in [4.78, 5) is 51.9. The minimum absolute atomic E-state index is 0.00585. The highest BCUT2D eigenvalue weighted by molar-refractivity contribution is 5.98. The average molecular weight is 564 g/mol. The number of benzene rings is 2. The van der Waals surface area contributed by atoms with Gasteiger partial charge >= 0.3 is 5.97 Å². The number of aliphatic hydroxyl groups is 1. The highest BCUT2D eigenvalue weighted by Crippen LogP contribution is 2.31. The first-order valence-corrected chi connectivity index (χ1v) is 13.2. The molecule has 1 fully saturated rings. The lowest BCUT2D eigenvalue weighted by atomic mass is 9.91. The van der Waals surface area contributed by atoms with E-state index in [0.29, 0.717) is 22.3 Å². The van der Waals surface area contributed by atoms with Crippen LogP contribution in [0.3, 0.4) is 0 Å². The Bertz CT molecular complexity index is 1350. The summed E-state index contributed by atoms with van der Waals surface area (Å²) >= 11 is 0. The number of rotatable bonds is 10. The van der Waals surface area contributed by atoms with E-state index in [-0.39, 0.29) is 56.2 Å². The van der Waals surface area contributed by atoms with Crippen LogP contribution in [0, 0.1) is 0 Å². The summed E-state index contributed by atoms with van der Waals surface area (Å²) in [6.45, 7) is 0.154. The molecule has 0 saturated carbocycles. The van der Waals surface area contributed by atoms with E-state index in [2.05, 4.69) is 10.6 Å². The predicted octanol–water partition coefficient (Wildman–Crippen LogP) is 1.42. The average Bonchev–Trinajstić information content (AvgIpc) is 3.47. The fourth-order valence-electron chi connectivity index (χ4n) is 4.45. The first kappa shape index (κ1) is 29.7. The molecule has 3 N–H and O–H groups in total. The first-order valence-electron chi connectivity index (χ1n) is 13.2. The number of ether oxygens (including phenoxy) is 3. The summed E-state index contributed by atoms with van der Waals surface area (Å²) < 4.78 is 17.1. The molecule has 1 aliphatic carbocycles. The smallest absolute Gasteiger partial charge is 0.339 e. The number of hydrogen-bond donors (Lipinski definition) is 3. The molecule has 1 heterocycles. The number of carbonyl (C=O) groups excluding carboxylic acids is 4. The Kier molecular flexibility index (Phi) is 10.0. The minimum atomic E-state index is -0.778. The molecule has 41 heavy (non-hydrogen) atoms. The molecule has 2 aromatic rings. The molecule has 216 valence electrons. The zero-order valence-electron chi connectivity index (χ0n) is 22.9. The van der Waals surface area contributed by atoms with Gasteiger partial charge in [-0.1, -0.05) is 30.3 Å². The highest BCUT2D eigenvalue weighted by atomic mass is 16.7. The van der Waals surface area contributed by atoms with Gasteiger partial charge in [0.25, 0.3) is 5.91 Å². The third-order valence-corrected chi connectivity index (χ3v) is 6.61. The lowest BCUT2D eigenvalue weighted by Gasteiger charge is -2.30. The van der Waals surface area contributed by atoms with Crippen LogP contribution in [-0.4, -0.2) is 86.0 Å². The van der Waals surface area contributed by atoms with E-state index in [0.717, 1.165) is 0 Å². The molecular weight excluding hydrogens is 530 g/mol. The number of aliphatic hydroxyl groups excluding tert-OH is 1. The molecule has 1 saturated heterocycles. The Morgan fingerprint density at radius 1 is 1.05 bits per heavy atom. The molecule has 3 atom stereocenters. The van der Waals surface area contributed by atoms with E-state index in [4.69, 9.17) is 19.3 Å². The number of nitrogens with zero attached hydrogens (tertiary/aromatic N) is 1. The Labute approximate surface area is 237 Å². The molecule has 3 amide bonds.